The summed E-state index contributed by atoms with van der Waals surface area (Å²) in [6, 6.07) is 7.87. The van der Waals surface area contributed by atoms with Gasteiger partial charge < -0.3 is 19.5 Å². The summed E-state index contributed by atoms with van der Waals surface area (Å²) >= 11 is 0. The van der Waals surface area contributed by atoms with Crippen LogP contribution in [0.4, 0.5) is 0 Å². The number of likely N-dealkylation sites (tertiary alicyclic amines) is 1. The molecule has 0 saturated carbocycles. The third-order valence-corrected chi connectivity index (χ3v) is 5.73. The minimum absolute atomic E-state index is 0.0108. The molecule has 0 aromatic heterocycles. The molecule has 3 rings (SSSR count). The summed E-state index contributed by atoms with van der Waals surface area (Å²) in [6.45, 7) is 4.08. The Labute approximate surface area is 173 Å². The third-order valence-electron chi connectivity index (χ3n) is 5.73. The van der Waals surface area contributed by atoms with E-state index in [9.17, 15) is 9.90 Å². The number of nitrogens with zero attached hydrogens (tertiary/aromatic N) is 1. The van der Waals surface area contributed by atoms with Gasteiger partial charge in [0.2, 0.25) is 6.29 Å². The largest absolute Gasteiger partial charge is 0.459 e. The first-order valence-electron chi connectivity index (χ1n) is 10.6. The molecule has 2 aliphatic heterocycles. The number of carbonyl (C=O) groups is 1. The number of amides is 1. The summed E-state index contributed by atoms with van der Waals surface area (Å²) < 4.78 is 12.0. The SMILES string of the molecule is C#Cc1ccc([C@@H]2C=C(C(=O)N3CCCCC3)O[C@H](OCC)[C@H]2CCCO)cc1. The van der Waals surface area contributed by atoms with Crippen LogP contribution in [0.2, 0.25) is 0 Å². The Morgan fingerprint density at radius 2 is 2.00 bits per heavy atom. The number of benzene rings is 1. The van der Waals surface area contributed by atoms with Crippen LogP contribution in [-0.2, 0) is 14.3 Å². The summed E-state index contributed by atoms with van der Waals surface area (Å²) in [6.07, 6.45) is 11.5. The maximum Gasteiger partial charge on any atom is 0.288 e. The highest BCUT2D eigenvalue weighted by molar-refractivity contribution is 5.91. The minimum atomic E-state index is -0.516. The molecular weight excluding hydrogens is 366 g/mol. The van der Waals surface area contributed by atoms with Gasteiger partial charge in [-0.05, 0) is 62.8 Å². The van der Waals surface area contributed by atoms with Crippen molar-refractivity contribution in [2.45, 2.75) is 51.2 Å². The van der Waals surface area contributed by atoms with Crippen LogP contribution in [0, 0.1) is 18.3 Å². The molecule has 0 radical (unpaired) electrons. The fraction of sp³-hybridized carbons (Fsp3) is 0.542. The number of ether oxygens (including phenoxy) is 2. The second kappa shape index (κ2) is 10.5. The lowest BCUT2D eigenvalue weighted by Gasteiger charge is -2.38. The maximum atomic E-state index is 13.1. The summed E-state index contributed by atoms with van der Waals surface area (Å²) in [5.41, 5.74) is 1.89. The highest BCUT2D eigenvalue weighted by Gasteiger charge is 2.38. The highest BCUT2D eigenvalue weighted by Crippen LogP contribution is 2.40. The van der Waals surface area contributed by atoms with Crippen molar-refractivity contribution in [1.82, 2.24) is 4.90 Å². The molecule has 0 bridgehead atoms. The van der Waals surface area contributed by atoms with E-state index in [1.807, 2.05) is 42.2 Å². The van der Waals surface area contributed by atoms with E-state index >= 15 is 0 Å². The molecule has 29 heavy (non-hydrogen) atoms. The van der Waals surface area contributed by atoms with E-state index < -0.39 is 6.29 Å². The van der Waals surface area contributed by atoms with Gasteiger partial charge in [0.1, 0.15) is 0 Å². The van der Waals surface area contributed by atoms with E-state index in [0.29, 0.717) is 18.8 Å². The predicted octanol–water partition coefficient (Wildman–Crippen LogP) is 3.43. The quantitative estimate of drug-likeness (QED) is 0.716. The van der Waals surface area contributed by atoms with Crippen molar-refractivity contribution in [1.29, 1.82) is 0 Å². The van der Waals surface area contributed by atoms with Crippen molar-refractivity contribution in [2.24, 2.45) is 5.92 Å². The van der Waals surface area contributed by atoms with Crippen LogP contribution in [-0.4, -0.2) is 48.5 Å². The summed E-state index contributed by atoms with van der Waals surface area (Å²) in [4.78, 5) is 15.0. The molecule has 3 atom stereocenters. The van der Waals surface area contributed by atoms with Gasteiger partial charge in [-0.25, -0.2) is 0 Å². The third kappa shape index (κ3) is 5.20. The van der Waals surface area contributed by atoms with Crippen molar-refractivity contribution < 1.29 is 19.4 Å². The molecule has 1 fully saturated rings. The molecule has 5 nitrogen and oxygen atoms in total. The van der Waals surface area contributed by atoms with Gasteiger partial charge in [0.15, 0.2) is 5.76 Å². The Balaban J connectivity index is 1.93. The van der Waals surface area contributed by atoms with E-state index in [1.54, 1.807) is 0 Å². The predicted molar refractivity (Wildman–Crippen MR) is 112 cm³/mol. The Kier molecular flexibility index (Phi) is 7.74. The van der Waals surface area contributed by atoms with Crippen LogP contribution in [0.5, 0.6) is 0 Å². The fourth-order valence-corrected chi connectivity index (χ4v) is 4.19. The molecule has 2 heterocycles. The summed E-state index contributed by atoms with van der Waals surface area (Å²) in [5, 5.41) is 9.37. The smallest absolute Gasteiger partial charge is 0.288 e. The van der Waals surface area contributed by atoms with E-state index in [4.69, 9.17) is 15.9 Å². The van der Waals surface area contributed by atoms with Crippen molar-refractivity contribution >= 4 is 5.91 Å². The van der Waals surface area contributed by atoms with Crippen LogP contribution in [0.3, 0.4) is 0 Å². The number of carbonyl (C=O) groups excluding carboxylic acids is 1. The Bertz CT molecular complexity index is 743. The minimum Gasteiger partial charge on any atom is -0.459 e. The molecular formula is C24H31NO4. The monoisotopic (exact) mass is 397 g/mol. The lowest BCUT2D eigenvalue weighted by molar-refractivity contribution is -0.170. The zero-order chi connectivity index (χ0) is 20.6. The molecule has 1 aromatic carbocycles. The molecule has 1 aromatic rings. The molecule has 5 heteroatoms. The average Bonchev–Trinajstić information content (AvgIpc) is 2.78. The Morgan fingerprint density at radius 3 is 2.62 bits per heavy atom. The molecule has 1 N–H and O–H groups in total. The first-order chi connectivity index (χ1) is 14.2. The topological polar surface area (TPSA) is 59.0 Å². The van der Waals surface area contributed by atoms with Gasteiger partial charge in [-0.2, -0.15) is 0 Å². The fourth-order valence-electron chi connectivity index (χ4n) is 4.19. The molecule has 1 amide bonds. The van der Waals surface area contributed by atoms with Gasteiger partial charge in [-0.15, -0.1) is 6.42 Å². The second-order valence-corrected chi connectivity index (χ2v) is 7.65. The molecule has 0 aliphatic carbocycles. The van der Waals surface area contributed by atoms with Crippen LogP contribution in [0.25, 0.3) is 0 Å². The van der Waals surface area contributed by atoms with E-state index in [0.717, 1.165) is 43.5 Å². The Morgan fingerprint density at radius 1 is 1.28 bits per heavy atom. The molecule has 1 saturated heterocycles. The average molecular weight is 398 g/mol. The van der Waals surface area contributed by atoms with Crippen LogP contribution in [0.15, 0.2) is 36.1 Å². The van der Waals surface area contributed by atoms with E-state index in [-0.39, 0.29) is 24.3 Å². The zero-order valence-electron chi connectivity index (χ0n) is 17.2. The van der Waals surface area contributed by atoms with Gasteiger partial charge in [0, 0.05) is 43.7 Å². The van der Waals surface area contributed by atoms with Crippen molar-refractivity contribution in [3.63, 3.8) is 0 Å². The van der Waals surface area contributed by atoms with Crippen LogP contribution in [0.1, 0.15) is 56.1 Å². The number of hydrogen-bond donors (Lipinski definition) is 1. The van der Waals surface area contributed by atoms with Gasteiger partial charge in [-0.3, -0.25) is 4.79 Å². The first kappa shape index (κ1) is 21.4. The molecule has 2 aliphatic rings. The number of rotatable bonds is 7. The molecule has 0 unspecified atom stereocenters. The molecule has 0 spiro atoms. The standard InChI is InChI=1S/C24H31NO4/c1-3-18-10-12-19(13-11-18)21-17-22(23(27)25-14-6-5-7-15-25)29-24(28-4-2)20(21)9-8-16-26/h1,10-13,17,20-21,24,26H,4-9,14-16H2,2H3/t20-,21-,24-/m0/s1. The molecule has 156 valence electrons. The number of aliphatic hydroxyl groups excluding tert-OH is 1. The second-order valence-electron chi connectivity index (χ2n) is 7.65. The number of allylic oxidation sites excluding steroid dienone is 1. The zero-order valence-corrected chi connectivity index (χ0v) is 17.2. The van der Waals surface area contributed by atoms with Gasteiger partial charge >= 0.3 is 0 Å². The lowest BCUT2D eigenvalue weighted by Crippen LogP contribution is -2.42. The van der Waals surface area contributed by atoms with Crippen LogP contribution >= 0.6 is 0 Å². The van der Waals surface area contributed by atoms with Crippen molar-refractivity contribution in [3.05, 3.63) is 47.2 Å². The van der Waals surface area contributed by atoms with Gasteiger partial charge in [0.05, 0.1) is 0 Å². The number of terminal acetylenes is 1. The van der Waals surface area contributed by atoms with Crippen molar-refractivity contribution in [2.75, 3.05) is 26.3 Å². The summed E-state index contributed by atoms with van der Waals surface area (Å²) in [5.74, 6) is 2.93. The number of hydrogen-bond acceptors (Lipinski definition) is 4. The van der Waals surface area contributed by atoms with Gasteiger partial charge in [0.25, 0.3) is 5.91 Å². The number of piperidine rings is 1. The van der Waals surface area contributed by atoms with Crippen LogP contribution < -0.4 is 0 Å². The Hall–Kier alpha value is -2.29. The summed E-state index contributed by atoms with van der Waals surface area (Å²) in [7, 11) is 0. The lowest BCUT2D eigenvalue weighted by atomic mass is 9.80. The van der Waals surface area contributed by atoms with Crippen molar-refractivity contribution in [3.8, 4) is 12.3 Å². The normalized spacial score (nSPS) is 24.4. The maximum absolute atomic E-state index is 13.1. The highest BCUT2D eigenvalue weighted by atomic mass is 16.7. The van der Waals surface area contributed by atoms with E-state index in [1.165, 1.54) is 6.42 Å². The van der Waals surface area contributed by atoms with Gasteiger partial charge in [-0.1, -0.05) is 18.1 Å². The number of aliphatic hydroxyl groups is 1. The first-order valence-corrected chi connectivity index (χ1v) is 10.6. The van der Waals surface area contributed by atoms with E-state index in [2.05, 4.69) is 5.92 Å².